The van der Waals surface area contributed by atoms with E-state index in [0.29, 0.717) is 12.4 Å². The highest BCUT2D eigenvalue weighted by Crippen LogP contribution is 2.19. The number of rotatable bonds is 2. The number of H-pyrrole nitrogens is 1. The Hall–Kier alpha value is -1.85. The SMILES string of the molecule is NC(=O)C1CCCN(c2cc(=O)[nH]cn2)C1. The van der Waals surface area contributed by atoms with E-state index in [9.17, 15) is 9.59 Å². The molecule has 1 fully saturated rings. The van der Waals surface area contributed by atoms with Gasteiger partial charge in [0.15, 0.2) is 0 Å². The summed E-state index contributed by atoms with van der Waals surface area (Å²) in [6.45, 7) is 1.35. The normalized spacial score (nSPS) is 20.8. The van der Waals surface area contributed by atoms with Gasteiger partial charge in [0.05, 0.1) is 12.2 Å². The summed E-state index contributed by atoms with van der Waals surface area (Å²) in [5, 5.41) is 0. The molecule has 6 nitrogen and oxygen atoms in total. The van der Waals surface area contributed by atoms with Crippen LogP contribution in [0.1, 0.15) is 12.8 Å². The van der Waals surface area contributed by atoms with Gasteiger partial charge < -0.3 is 15.6 Å². The largest absolute Gasteiger partial charge is 0.369 e. The van der Waals surface area contributed by atoms with Crippen molar-refractivity contribution < 1.29 is 4.79 Å². The molecule has 1 atom stereocenters. The van der Waals surface area contributed by atoms with Crippen molar-refractivity contribution in [3.8, 4) is 0 Å². The van der Waals surface area contributed by atoms with Gasteiger partial charge in [-0.25, -0.2) is 4.98 Å². The fraction of sp³-hybridized carbons (Fsp3) is 0.500. The minimum Gasteiger partial charge on any atom is -0.369 e. The molecule has 2 rings (SSSR count). The summed E-state index contributed by atoms with van der Waals surface area (Å²) in [6.07, 6.45) is 3.07. The van der Waals surface area contributed by atoms with E-state index in [2.05, 4.69) is 9.97 Å². The van der Waals surface area contributed by atoms with Crippen LogP contribution in [0.4, 0.5) is 5.82 Å². The molecular formula is C10H14N4O2. The van der Waals surface area contributed by atoms with Crippen LogP contribution >= 0.6 is 0 Å². The number of carbonyl (C=O) groups is 1. The lowest BCUT2D eigenvalue weighted by Gasteiger charge is -2.31. The number of hydrogen-bond donors (Lipinski definition) is 2. The molecule has 16 heavy (non-hydrogen) atoms. The molecule has 0 radical (unpaired) electrons. The van der Waals surface area contributed by atoms with Crippen LogP contribution in [0.15, 0.2) is 17.2 Å². The van der Waals surface area contributed by atoms with Crippen molar-refractivity contribution >= 4 is 11.7 Å². The predicted octanol–water partition coefficient (Wildman–Crippen LogP) is -0.528. The van der Waals surface area contributed by atoms with Gasteiger partial charge in [0.2, 0.25) is 5.91 Å². The number of carbonyl (C=O) groups excluding carboxylic acids is 1. The van der Waals surface area contributed by atoms with Crippen LogP contribution in [0.3, 0.4) is 0 Å². The molecule has 1 aromatic heterocycles. The Balaban J connectivity index is 2.15. The van der Waals surface area contributed by atoms with E-state index in [4.69, 9.17) is 5.73 Å². The maximum atomic E-state index is 11.1. The summed E-state index contributed by atoms with van der Waals surface area (Å²) in [4.78, 5) is 30.7. The topological polar surface area (TPSA) is 92.1 Å². The lowest BCUT2D eigenvalue weighted by molar-refractivity contribution is -0.122. The second kappa shape index (κ2) is 4.34. The molecule has 0 spiro atoms. The number of nitrogens with two attached hydrogens (primary N) is 1. The molecule has 1 saturated heterocycles. The molecule has 2 heterocycles. The fourth-order valence-corrected chi connectivity index (χ4v) is 1.95. The monoisotopic (exact) mass is 222 g/mol. The van der Waals surface area contributed by atoms with Crippen molar-refractivity contribution in [3.63, 3.8) is 0 Å². The highest BCUT2D eigenvalue weighted by molar-refractivity contribution is 5.77. The first kappa shape index (κ1) is 10.7. The van der Waals surface area contributed by atoms with E-state index in [-0.39, 0.29) is 17.4 Å². The van der Waals surface area contributed by atoms with Crippen molar-refractivity contribution in [2.24, 2.45) is 11.7 Å². The number of anilines is 1. The molecule has 86 valence electrons. The first-order valence-electron chi connectivity index (χ1n) is 5.26. The third kappa shape index (κ3) is 2.21. The molecule has 6 heteroatoms. The Bertz CT molecular complexity index is 442. The van der Waals surface area contributed by atoms with E-state index in [1.165, 1.54) is 12.4 Å². The number of aromatic amines is 1. The Morgan fingerprint density at radius 3 is 3.12 bits per heavy atom. The van der Waals surface area contributed by atoms with E-state index in [0.717, 1.165) is 19.4 Å². The first-order chi connectivity index (χ1) is 7.66. The highest BCUT2D eigenvalue weighted by atomic mass is 16.1. The van der Waals surface area contributed by atoms with Gasteiger partial charge in [-0.05, 0) is 12.8 Å². The molecule has 1 aromatic rings. The first-order valence-corrected chi connectivity index (χ1v) is 5.26. The number of hydrogen-bond acceptors (Lipinski definition) is 4. The van der Waals surface area contributed by atoms with Gasteiger partial charge in [0, 0.05) is 19.2 Å². The van der Waals surface area contributed by atoms with E-state index >= 15 is 0 Å². The summed E-state index contributed by atoms with van der Waals surface area (Å²) < 4.78 is 0. The van der Waals surface area contributed by atoms with Gasteiger partial charge in [0.1, 0.15) is 5.82 Å². The molecular weight excluding hydrogens is 208 g/mol. The maximum absolute atomic E-state index is 11.1. The van der Waals surface area contributed by atoms with Gasteiger partial charge in [-0.2, -0.15) is 0 Å². The Labute approximate surface area is 92.5 Å². The summed E-state index contributed by atoms with van der Waals surface area (Å²) in [6, 6.07) is 1.43. The Morgan fingerprint density at radius 1 is 1.62 bits per heavy atom. The molecule has 0 saturated carbocycles. The number of piperidine rings is 1. The summed E-state index contributed by atoms with van der Waals surface area (Å²) in [7, 11) is 0. The molecule has 0 bridgehead atoms. The van der Waals surface area contributed by atoms with Crippen LogP contribution in [-0.2, 0) is 4.79 Å². The Kier molecular flexibility index (Phi) is 2.89. The van der Waals surface area contributed by atoms with Crippen LogP contribution < -0.4 is 16.2 Å². The molecule has 1 aliphatic heterocycles. The minimum atomic E-state index is -0.283. The number of nitrogens with one attached hydrogen (secondary N) is 1. The molecule has 3 N–H and O–H groups in total. The third-order valence-electron chi connectivity index (χ3n) is 2.81. The smallest absolute Gasteiger partial charge is 0.252 e. The predicted molar refractivity (Wildman–Crippen MR) is 59.0 cm³/mol. The third-order valence-corrected chi connectivity index (χ3v) is 2.81. The molecule has 1 amide bonds. The maximum Gasteiger partial charge on any atom is 0.252 e. The van der Waals surface area contributed by atoms with Gasteiger partial charge in [-0.3, -0.25) is 9.59 Å². The van der Waals surface area contributed by atoms with E-state index in [1.54, 1.807) is 0 Å². The molecule has 1 unspecified atom stereocenters. The van der Waals surface area contributed by atoms with Gasteiger partial charge in [-0.15, -0.1) is 0 Å². The van der Waals surface area contributed by atoms with Crippen LogP contribution in [0, 0.1) is 5.92 Å². The van der Waals surface area contributed by atoms with Crippen LogP contribution in [-0.4, -0.2) is 29.0 Å². The van der Waals surface area contributed by atoms with Crippen molar-refractivity contribution in [3.05, 3.63) is 22.7 Å². The fourth-order valence-electron chi connectivity index (χ4n) is 1.95. The van der Waals surface area contributed by atoms with Crippen LogP contribution in [0.2, 0.25) is 0 Å². The quantitative estimate of drug-likeness (QED) is 0.703. The Morgan fingerprint density at radius 2 is 2.44 bits per heavy atom. The molecule has 0 aromatic carbocycles. The average Bonchev–Trinajstić information content (AvgIpc) is 2.29. The number of aromatic nitrogens is 2. The summed E-state index contributed by atoms with van der Waals surface area (Å²) >= 11 is 0. The lowest BCUT2D eigenvalue weighted by atomic mass is 9.97. The zero-order chi connectivity index (χ0) is 11.5. The van der Waals surface area contributed by atoms with Crippen molar-refractivity contribution in [1.29, 1.82) is 0 Å². The van der Waals surface area contributed by atoms with Crippen LogP contribution in [0.5, 0.6) is 0 Å². The summed E-state index contributed by atoms with van der Waals surface area (Å²) in [5.41, 5.74) is 5.09. The van der Waals surface area contributed by atoms with E-state index in [1.807, 2.05) is 4.90 Å². The molecule has 1 aliphatic rings. The zero-order valence-electron chi connectivity index (χ0n) is 8.85. The van der Waals surface area contributed by atoms with Crippen molar-refractivity contribution in [1.82, 2.24) is 9.97 Å². The number of primary amides is 1. The van der Waals surface area contributed by atoms with Gasteiger partial charge >= 0.3 is 0 Å². The van der Waals surface area contributed by atoms with Crippen molar-refractivity contribution in [2.75, 3.05) is 18.0 Å². The van der Waals surface area contributed by atoms with E-state index < -0.39 is 0 Å². The zero-order valence-corrected chi connectivity index (χ0v) is 8.85. The second-order valence-electron chi connectivity index (χ2n) is 3.96. The van der Waals surface area contributed by atoms with Crippen molar-refractivity contribution in [2.45, 2.75) is 12.8 Å². The highest BCUT2D eigenvalue weighted by Gasteiger charge is 2.24. The molecule has 0 aliphatic carbocycles. The summed E-state index contributed by atoms with van der Waals surface area (Å²) in [5.74, 6) is 0.180. The second-order valence-corrected chi connectivity index (χ2v) is 3.96. The van der Waals surface area contributed by atoms with Crippen LogP contribution in [0.25, 0.3) is 0 Å². The number of nitrogens with zero attached hydrogens (tertiary/aromatic N) is 2. The standard InChI is InChI=1S/C10H14N4O2/c11-10(16)7-2-1-3-14(5-7)8-4-9(15)13-6-12-8/h4,6-7H,1-3,5H2,(H2,11,16)(H,12,13,15). The minimum absolute atomic E-state index is 0.144. The van der Waals surface area contributed by atoms with Gasteiger partial charge in [0.25, 0.3) is 5.56 Å². The lowest BCUT2D eigenvalue weighted by Crippen LogP contribution is -2.41. The van der Waals surface area contributed by atoms with Gasteiger partial charge in [-0.1, -0.05) is 0 Å². The average molecular weight is 222 g/mol. The number of amides is 1.